The predicted octanol–water partition coefficient (Wildman–Crippen LogP) is 4.30. The number of amides is 2. The van der Waals surface area contributed by atoms with Crippen molar-refractivity contribution in [3.05, 3.63) is 65.0 Å². The first-order chi connectivity index (χ1) is 14.8. The molecule has 3 rings (SSSR count). The summed E-state index contributed by atoms with van der Waals surface area (Å²) in [5, 5.41) is 3.07. The standard InChI is InChI=1S/C25H31FN2O3/c1-17-8-9-18(2)23(14-17)31-16-24(29)28(15-20-10-12-21(26)13-11-20)19(3)25(30)27-22-6-4-5-7-22/h8-14,19,22H,4-7,15-16H2,1-3H3,(H,27,30)/t19-/m0/s1. The number of benzene rings is 2. The maximum atomic E-state index is 13.3. The van der Waals surface area contributed by atoms with E-state index < -0.39 is 6.04 Å². The summed E-state index contributed by atoms with van der Waals surface area (Å²) in [6, 6.07) is 11.3. The van der Waals surface area contributed by atoms with E-state index in [1.54, 1.807) is 19.1 Å². The largest absolute Gasteiger partial charge is 0.483 e. The van der Waals surface area contributed by atoms with Gasteiger partial charge in [0.15, 0.2) is 6.61 Å². The maximum absolute atomic E-state index is 13.3. The molecule has 1 N–H and O–H groups in total. The Labute approximate surface area is 183 Å². The minimum Gasteiger partial charge on any atom is -0.483 e. The second-order valence-electron chi connectivity index (χ2n) is 8.37. The van der Waals surface area contributed by atoms with Gasteiger partial charge in [-0.05, 0) is 68.5 Å². The lowest BCUT2D eigenvalue weighted by Crippen LogP contribution is -2.50. The van der Waals surface area contributed by atoms with E-state index in [4.69, 9.17) is 4.74 Å². The van der Waals surface area contributed by atoms with Gasteiger partial charge in [0.05, 0.1) is 0 Å². The van der Waals surface area contributed by atoms with Gasteiger partial charge in [-0.3, -0.25) is 9.59 Å². The summed E-state index contributed by atoms with van der Waals surface area (Å²) in [6.07, 6.45) is 4.17. The first-order valence-corrected chi connectivity index (χ1v) is 10.9. The van der Waals surface area contributed by atoms with Crippen molar-refractivity contribution in [3.63, 3.8) is 0 Å². The molecule has 0 unspecified atom stereocenters. The van der Waals surface area contributed by atoms with Gasteiger partial charge < -0.3 is 15.0 Å². The van der Waals surface area contributed by atoms with Crippen LogP contribution in [-0.4, -0.2) is 35.4 Å². The molecule has 0 saturated heterocycles. The quantitative estimate of drug-likeness (QED) is 0.685. The van der Waals surface area contributed by atoms with Gasteiger partial charge in [0.1, 0.15) is 17.6 Å². The molecule has 1 aliphatic rings. The molecule has 2 amide bonds. The van der Waals surface area contributed by atoms with Crippen molar-refractivity contribution in [2.75, 3.05) is 6.61 Å². The average molecular weight is 427 g/mol. The van der Waals surface area contributed by atoms with Crippen LogP contribution in [0.4, 0.5) is 4.39 Å². The lowest BCUT2D eigenvalue weighted by molar-refractivity contribution is -0.142. The number of carbonyl (C=O) groups is 2. The van der Waals surface area contributed by atoms with Crippen LogP contribution >= 0.6 is 0 Å². The Kier molecular flexibility index (Phi) is 7.66. The average Bonchev–Trinajstić information content (AvgIpc) is 3.26. The van der Waals surface area contributed by atoms with Crippen LogP contribution in [0.3, 0.4) is 0 Å². The molecular formula is C25H31FN2O3. The second kappa shape index (κ2) is 10.4. The van der Waals surface area contributed by atoms with E-state index in [0.717, 1.165) is 42.4 Å². The number of ether oxygens (including phenoxy) is 1. The zero-order valence-electron chi connectivity index (χ0n) is 18.5. The molecule has 1 fully saturated rings. The van der Waals surface area contributed by atoms with Crippen molar-refractivity contribution in [2.24, 2.45) is 0 Å². The van der Waals surface area contributed by atoms with E-state index in [1.165, 1.54) is 17.0 Å². The number of nitrogens with zero attached hydrogens (tertiary/aromatic N) is 1. The monoisotopic (exact) mass is 426 g/mol. The summed E-state index contributed by atoms with van der Waals surface area (Å²) in [5.41, 5.74) is 2.73. The number of halogens is 1. The molecule has 0 spiro atoms. The Morgan fingerprint density at radius 2 is 1.81 bits per heavy atom. The van der Waals surface area contributed by atoms with Gasteiger partial charge >= 0.3 is 0 Å². The van der Waals surface area contributed by atoms with Gasteiger partial charge in [0, 0.05) is 12.6 Å². The van der Waals surface area contributed by atoms with Crippen molar-refractivity contribution in [1.29, 1.82) is 0 Å². The molecule has 2 aromatic rings. The number of hydrogen-bond acceptors (Lipinski definition) is 3. The predicted molar refractivity (Wildman–Crippen MR) is 118 cm³/mol. The zero-order chi connectivity index (χ0) is 22.4. The Bertz CT molecular complexity index is 907. The van der Waals surface area contributed by atoms with E-state index in [1.807, 2.05) is 32.0 Å². The molecular weight excluding hydrogens is 395 g/mol. The zero-order valence-corrected chi connectivity index (χ0v) is 18.5. The maximum Gasteiger partial charge on any atom is 0.261 e. The molecule has 0 radical (unpaired) electrons. The molecule has 0 aromatic heterocycles. The smallest absolute Gasteiger partial charge is 0.261 e. The summed E-state index contributed by atoms with van der Waals surface area (Å²) < 4.78 is 19.1. The van der Waals surface area contributed by atoms with Gasteiger partial charge in [0.2, 0.25) is 5.91 Å². The third kappa shape index (κ3) is 6.29. The minimum absolute atomic E-state index is 0.170. The molecule has 31 heavy (non-hydrogen) atoms. The van der Waals surface area contributed by atoms with E-state index in [2.05, 4.69) is 5.32 Å². The van der Waals surface area contributed by atoms with Crippen molar-refractivity contribution in [3.8, 4) is 5.75 Å². The Morgan fingerprint density at radius 3 is 2.48 bits per heavy atom. The van der Waals surface area contributed by atoms with Gasteiger partial charge in [-0.25, -0.2) is 4.39 Å². The van der Waals surface area contributed by atoms with Crippen LogP contribution in [0.25, 0.3) is 0 Å². The lowest BCUT2D eigenvalue weighted by atomic mass is 10.1. The molecule has 1 aliphatic carbocycles. The molecule has 0 aliphatic heterocycles. The van der Waals surface area contributed by atoms with Crippen LogP contribution in [0, 0.1) is 19.7 Å². The third-order valence-electron chi connectivity index (χ3n) is 5.83. The molecule has 6 heteroatoms. The second-order valence-corrected chi connectivity index (χ2v) is 8.37. The van der Waals surface area contributed by atoms with Crippen LogP contribution in [0.5, 0.6) is 5.75 Å². The van der Waals surface area contributed by atoms with Crippen molar-refractivity contribution in [2.45, 2.75) is 65.1 Å². The Morgan fingerprint density at radius 1 is 1.13 bits per heavy atom. The fourth-order valence-electron chi connectivity index (χ4n) is 3.85. The summed E-state index contributed by atoms with van der Waals surface area (Å²) in [4.78, 5) is 27.5. The molecule has 5 nitrogen and oxygen atoms in total. The van der Waals surface area contributed by atoms with Crippen LogP contribution < -0.4 is 10.1 Å². The van der Waals surface area contributed by atoms with Crippen LogP contribution in [0.1, 0.15) is 49.3 Å². The van der Waals surface area contributed by atoms with E-state index in [9.17, 15) is 14.0 Å². The van der Waals surface area contributed by atoms with Crippen LogP contribution in [0.15, 0.2) is 42.5 Å². The van der Waals surface area contributed by atoms with Gasteiger partial charge in [-0.1, -0.05) is 37.1 Å². The highest BCUT2D eigenvalue weighted by Gasteiger charge is 2.28. The summed E-state index contributed by atoms with van der Waals surface area (Å²) in [6.45, 7) is 5.64. The normalized spacial score (nSPS) is 14.8. The van der Waals surface area contributed by atoms with E-state index in [-0.39, 0.29) is 36.8 Å². The third-order valence-corrected chi connectivity index (χ3v) is 5.83. The summed E-state index contributed by atoms with van der Waals surface area (Å²) >= 11 is 0. The Balaban J connectivity index is 1.72. The number of aryl methyl sites for hydroxylation is 2. The van der Waals surface area contributed by atoms with Crippen LogP contribution in [-0.2, 0) is 16.1 Å². The van der Waals surface area contributed by atoms with E-state index in [0.29, 0.717) is 5.75 Å². The van der Waals surface area contributed by atoms with Gasteiger partial charge in [-0.15, -0.1) is 0 Å². The summed E-state index contributed by atoms with van der Waals surface area (Å²) in [5.74, 6) is -0.154. The minimum atomic E-state index is -0.666. The molecule has 1 saturated carbocycles. The topological polar surface area (TPSA) is 58.6 Å². The highest BCUT2D eigenvalue weighted by molar-refractivity contribution is 5.88. The van der Waals surface area contributed by atoms with E-state index >= 15 is 0 Å². The van der Waals surface area contributed by atoms with Crippen molar-refractivity contribution >= 4 is 11.8 Å². The van der Waals surface area contributed by atoms with Crippen molar-refractivity contribution < 1.29 is 18.7 Å². The molecule has 0 heterocycles. The fourth-order valence-corrected chi connectivity index (χ4v) is 3.85. The molecule has 0 bridgehead atoms. The van der Waals surface area contributed by atoms with Gasteiger partial charge in [-0.2, -0.15) is 0 Å². The number of nitrogens with one attached hydrogen (secondary N) is 1. The number of rotatable bonds is 8. The fraction of sp³-hybridized carbons (Fsp3) is 0.440. The molecule has 2 aromatic carbocycles. The molecule has 1 atom stereocenters. The lowest BCUT2D eigenvalue weighted by Gasteiger charge is -2.29. The first kappa shape index (κ1) is 22.8. The highest BCUT2D eigenvalue weighted by Crippen LogP contribution is 2.21. The van der Waals surface area contributed by atoms with Gasteiger partial charge in [0.25, 0.3) is 5.91 Å². The highest BCUT2D eigenvalue weighted by atomic mass is 19.1. The Hall–Kier alpha value is -2.89. The summed E-state index contributed by atoms with van der Waals surface area (Å²) in [7, 11) is 0. The SMILES string of the molecule is Cc1ccc(C)c(OCC(=O)N(Cc2ccc(F)cc2)[C@@H](C)C(=O)NC2CCCC2)c1. The number of hydrogen-bond donors (Lipinski definition) is 1. The first-order valence-electron chi connectivity index (χ1n) is 10.9. The van der Waals surface area contributed by atoms with Crippen molar-refractivity contribution in [1.82, 2.24) is 10.2 Å². The number of carbonyl (C=O) groups excluding carboxylic acids is 2. The molecule has 166 valence electrons. The van der Waals surface area contributed by atoms with Crippen LogP contribution in [0.2, 0.25) is 0 Å².